The highest BCUT2D eigenvalue weighted by molar-refractivity contribution is 7.92. The number of rotatable bonds is 9. The van der Waals surface area contributed by atoms with Gasteiger partial charge in [-0.05, 0) is 47.7 Å². The molecule has 33 heavy (non-hydrogen) atoms. The maximum absolute atomic E-state index is 12.7. The van der Waals surface area contributed by atoms with E-state index in [-0.39, 0.29) is 16.5 Å². The standard InChI is InChI=1S/C24H23F3N2O3S/c1-17(13-20(28)14-18-7-3-2-4-8-18)19-9-5-10-21(15-19)29-33(30,31)23-12-6-11-22(16-23)32-24(25,26)27/h2-12,15-17,28-29H,13-14H2,1H3/t17-/m0/s1. The van der Waals surface area contributed by atoms with Crippen LogP contribution in [0.4, 0.5) is 18.9 Å². The average molecular weight is 477 g/mol. The number of ether oxygens (including phenoxy) is 1. The third kappa shape index (κ3) is 7.35. The summed E-state index contributed by atoms with van der Waals surface area (Å²) < 4.78 is 68.9. The van der Waals surface area contributed by atoms with Crippen LogP contribution in [0.15, 0.2) is 83.8 Å². The van der Waals surface area contributed by atoms with E-state index in [1.165, 1.54) is 12.1 Å². The van der Waals surface area contributed by atoms with Gasteiger partial charge in [0.1, 0.15) is 5.75 Å². The molecule has 0 aliphatic rings. The van der Waals surface area contributed by atoms with Gasteiger partial charge in [0.15, 0.2) is 0 Å². The number of sulfonamides is 1. The molecule has 0 aromatic heterocycles. The molecule has 3 aromatic rings. The lowest BCUT2D eigenvalue weighted by Gasteiger charge is -2.15. The highest BCUT2D eigenvalue weighted by Crippen LogP contribution is 2.27. The van der Waals surface area contributed by atoms with E-state index in [2.05, 4.69) is 9.46 Å². The van der Waals surface area contributed by atoms with E-state index in [4.69, 9.17) is 5.41 Å². The lowest BCUT2D eigenvalue weighted by atomic mass is 9.93. The molecule has 0 unspecified atom stereocenters. The maximum Gasteiger partial charge on any atom is 0.573 e. The number of alkyl halides is 3. The van der Waals surface area contributed by atoms with Crippen molar-refractivity contribution in [3.63, 3.8) is 0 Å². The molecule has 9 heteroatoms. The molecule has 1 atom stereocenters. The summed E-state index contributed by atoms with van der Waals surface area (Å²) in [5, 5.41) is 8.29. The number of hydrogen-bond acceptors (Lipinski definition) is 4. The van der Waals surface area contributed by atoms with Crippen molar-refractivity contribution in [3.8, 4) is 5.75 Å². The molecule has 3 rings (SSSR count). The zero-order valence-corrected chi connectivity index (χ0v) is 18.6. The fourth-order valence-corrected chi connectivity index (χ4v) is 4.45. The molecule has 0 amide bonds. The van der Waals surface area contributed by atoms with Crippen LogP contribution in [-0.2, 0) is 16.4 Å². The Hall–Kier alpha value is -3.33. The number of hydrogen-bond donors (Lipinski definition) is 2. The van der Waals surface area contributed by atoms with Gasteiger partial charge in [0.2, 0.25) is 0 Å². The molecule has 0 aliphatic carbocycles. The van der Waals surface area contributed by atoms with Crippen molar-refractivity contribution in [3.05, 3.63) is 90.0 Å². The zero-order chi connectivity index (χ0) is 24.1. The second-order valence-corrected chi connectivity index (χ2v) is 9.31. The Morgan fingerprint density at radius 2 is 1.70 bits per heavy atom. The molecule has 174 valence electrons. The smallest absolute Gasteiger partial charge is 0.406 e. The highest BCUT2D eigenvalue weighted by atomic mass is 32.2. The minimum atomic E-state index is -4.92. The second-order valence-electron chi connectivity index (χ2n) is 7.62. The molecule has 0 radical (unpaired) electrons. The molecule has 0 saturated heterocycles. The van der Waals surface area contributed by atoms with Crippen molar-refractivity contribution in [1.29, 1.82) is 5.41 Å². The third-order valence-corrected chi connectivity index (χ3v) is 6.25. The molecule has 3 aromatic carbocycles. The van der Waals surface area contributed by atoms with Crippen molar-refractivity contribution in [2.24, 2.45) is 0 Å². The van der Waals surface area contributed by atoms with E-state index < -0.39 is 22.1 Å². The summed E-state index contributed by atoms with van der Waals surface area (Å²) in [6, 6.07) is 20.6. The highest BCUT2D eigenvalue weighted by Gasteiger charge is 2.31. The molecule has 0 aliphatic heterocycles. The van der Waals surface area contributed by atoms with Crippen LogP contribution in [0.25, 0.3) is 0 Å². The van der Waals surface area contributed by atoms with Gasteiger partial charge in [-0.1, -0.05) is 55.5 Å². The topological polar surface area (TPSA) is 79.3 Å². The maximum atomic E-state index is 12.7. The van der Waals surface area contributed by atoms with Crippen LogP contribution >= 0.6 is 0 Å². The number of nitrogens with one attached hydrogen (secondary N) is 2. The van der Waals surface area contributed by atoms with Crippen molar-refractivity contribution >= 4 is 21.4 Å². The average Bonchev–Trinajstić information content (AvgIpc) is 2.73. The molecule has 0 saturated carbocycles. The van der Waals surface area contributed by atoms with E-state index in [1.807, 2.05) is 43.3 Å². The minimum absolute atomic E-state index is 0.0332. The molecule has 0 fully saturated rings. The number of halogens is 3. The summed E-state index contributed by atoms with van der Waals surface area (Å²) in [6.07, 6.45) is -3.88. The summed E-state index contributed by atoms with van der Waals surface area (Å²) in [4.78, 5) is -0.354. The summed E-state index contributed by atoms with van der Waals surface area (Å²) in [6.45, 7) is 1.95. The summed E-state index contributed by atoms with van der Waals surface area (Å²) in [5.41, 5.74) is 2.72. The fourth-order valence-electron chi connectivity index (χ4n) is 3.36. The van der Waals surface area contributed by atoms with Crippen LogP contribution in [0.2, 0.25) is 0 Å². The van der Waals surface area contributed by atoms with Gasteiger partial charge in [-0.25, -0.2) is 8.42 Å². The molecule has 0 spiro atoms. The van der Waals surface area contributed by atoms with Crippen LogP contribution < -0.4 is 9.46 Å². The summed E-state index contributed by atoms with van der Waals surface area (Å²) in [7, 11) is -4.14. The first-order valence-corrected chi connectivity index (χ1v) is 11.6. The lowest BCUT2D eigenvalue weighted by molar-refractivity contribution is -0.274. The molecule has 2 N–H and O–H groups in total. The minimum Gasteiger partial charge on any atom is -0.406 e. The van der Waals surface area contributed by atoms with E-state index in [1.54, 1.807) is 18.2 Å². The summed E-state index contributed by atoms with van der Waals surface area (Å²) in [5.74, 6) is -0.654. The van der Waals surface area contributed by atoms with Crippen LogP contribution in [0.1, 0.15) is 30.4 Å². The van der Waals surface area contributed by atoms with Gasteiger partial charge >= 0.3 is 6.36 Å². The van der Waals surface area contributed by atoms with Crippen molar-refractivity contribution in [2.75, 3.05) is 4.72 Å². The van der Waals surface area contributed by atoms with Gasteiger partial charge < -0.3 is 10.1 Å². The van der Waals surface area contributed by atoms with E-state index in [0.717, 1.165) is 23.3 Å². The van der Waals surface area contributed by atoms with Crippen LogP contribution in [-0.4, -0.2) is 20.5 Å². The second kappa shape index (κ2) is 10.1. The Morgan fingerprint density at radius 1 is 1.00 bits per heavy atom. The van der Waals surface area contributed by atoms with Crippen LogP contribution in [0.3, 0.4) is 0 Å². The third-order valence-electron chi connectivity index (χ3n) is 4.87. The Morgan fingerprint density at radius 3 is 2.39 bits per heavy atom. The van der Waals surface area contributed by atoms with E-state index in [9.17, 15) is 21.6 Å². The molecule has 0 heterocycles. The SMILES string of the molecule is C[C@@H](CC(=N)Cc1ccccc1)c1cccc(NS(=O)(=O)c2cccc(OC(F)(F)F)c2)c1. The number of anilines is 1. The Labute approximate surface area is 190 Å². The van der Waals surface area contributed by atoms with Crippen molar-refractivity contribution in [1.82, 2.24) is 0 Å². The predicted octanol–water partition coefficient (Wildman–Crippen LogP) is 6.14. The van der Waals surface area contributed by atoms with Gasteiger partial charge in [0.25, 0.3) is 10.0 Å². The Bertz CT molecular complexity index is 1210. The van der Waals surface area contributed by atoms with Gasteiger partial charge in [-0.3, -0.25) is 4.72 Å². The zero-order valence-electron chi connectivity index (χ0n) is 17.8. The quantitative estimate of drug-likeness (QED) is 0.364. The van der Waals surface area contributed by atoms with Crippen LogP contribution in [0.5, 0.6) is 5.75 Å². The monoisotopic (exact) mass is 476 g/mol. The first-order chi connectivity index (χ1) is 15.5. The normalized spacial score (nSPS) is 12.7. The Kier molecular flexibility index (Phi) is 7.43. The first kappa shape index (κ1) is 24.3. The van der Waals surface area contributed by atoms with Gasteiger partial charge in [0, 0.05) is 23.9 Å². The van der Waals surface area contributed by atoms with Crippen molar-refractivity contribution < 1.29 is 26.3 Å². The summed E-state index contributed by atoms with van der Waals surface area (Å²) >= 11 is 0. The van der Waals surface area contributed by atoms with E-state index in [0.29, 0.717) is 18.6 Å². The predicted molar refractivity (Wildman–Crippen MR) is 121 cm³/mol. The Balaban J connectivity index is 1.70. The van der Waals surface area contributed by atoms with Crippen LogP contribution in [0, 0.1) is 5.41 Å². The van der Waals surface area contributed by atoms with Gasteiger partial charge in [-0.2, -0.15) is 0 Å². The molecule has 5 nitrogen and oxygen atoms in total. The van der Waals surface area contributed by atoms with Gasteiger partial charge in [-0.15, -0.1) is 13.2 Å². The largest absolute Gasteiger partial charge is 0.573 e. The first-order valence-electron chi connectivity index (χ1n) is 10.1. The number of benzene rings is 3. The molecular formula is C24H23F3N2O3S. The molecular weight excluding hydrogens is 453 g/mol. The van der Waals surface area contributed by atoms with E-state index >= 15 is 0 Å². The van der Waals surface area contributed by atoms with Gasteiger partial charge in [0.05, 0.1) is 4.90 Å². The van der Waals surface area contributed by atoms with Crippen molar-refractivity contribution in [2.45, 2.75) is 36.9 Å². The fraction of sp³-hybridized carbons (Fsp3) is 0.208. The molecule has 0 bridgehead atoms. The lowest BCUT2D eigenvalue weighted by Crippen LogP contribution is -2.18.